The van der Waals surface area contributed by atoms with E-state index in [0.29, 0.717) is 6.42 Å². The van der Waals surface area contributed by atoms with Gasteiger partial charge in [0.25, 0.3) is 0 Å². The van der Waals surface area contributed by atoms with Gasteiger partial charge in [0.1, 0.15) is 6.04 Å². The van der Waals surface area contributed by atoms with Crippen molar-refractivity contribution in [2.75, 3.05) is 13.2 Å². The first kappa shape index (κ1) is 16.2. The Kier molecular flexibility index (Phi) is 7.50. The van der Waals surface area contributed by atoms with E-state index in [9.17, 15) is 14.4 Å². The van der Waals surface area contributed by atoms with E-state index in [1.165, 1.54) is 6.92 Å². The Morgan fingerprint density at radius 3 is 2.39 bits per heavy atom. The van der Waals surface area contributed by atoms with Crippen LogP contribution in [0.5, 0.6) is 0 Å². The van der Waals surface area contributed by atoms with Crippen molar-refractivity contribution in [3.8, 4) is 0 Å². The molecule has 0 aliphatic heterocycles. The summed E-state index contributed by atoms with van der Waals surface area (Å²) in [4.78, 5) is 33.1. The molecular weight excluding hydrogens is 240 g/mol. The molecule has 18 heavy (non-hydrogen) atoms. The molecule has 0 rings (SSSR count). The topological polar surface area (TPSA) is 105 Å². The van der Waals surface area contributed by atoms with Crippen LogP contribution in [-0.4, -0.2) is 42.3 Å². The number of carbonyl (C=O) groups is 3. The van der Waals surface area contributed by atoms with E-state index in [0.717, 1.165) is 0 Å². The molecule has 0 spiro atoms. The van der Waals surface area contributed by atoms with Crippen LogP contribution in [0.2, 0.25) is 0 Å². The summed E-state index contributed by atoms with van der Waals surface area (Å²) in [6.07, 6.45) is 0.330. The third-order valence-electron chi connectivity index (χ3n) is 2.27. The molecule has 0 fully saturated rings. The van der Waals surface area contributed by atoms with Gasteiger partial charge in [0.15, 0.2) is 0 Å². The van der Waals surface area contributed by atoms with Gasteiger partial charge in [-0.1, -0.05) is 6.92 Å². The normalized spacial score (nSPS) is 13.3. The standard InChI is InChI=1S/C11H20N2O5/c1-4-18-10(16)8(3)13-11(17)12-6-5-7(2)9(14)15/h7-8H,4-6H2,1-3H3,(H,14,15)(H2,12,13,17). The Morgan fingerprint density at radius 2 is 1.89 bits per heavy atom. The summed E-state index contributed by atoms with van der Waals surface area (Å²) in [5.74, 6) is -1.93. The first-order valence-corrected chi connectivity index (χ1v) is 5.82. The van der Waals surface area contributed by atoms with E-state index in [1.54, 1.807) is 13.8 Å². The van der Waals surface area contributed by atoms with Crippen molar-refractivity contribution >= 4 is 18.0 Å². The van der Waals surface area contributed by atoms with Crippen molar-refractivity contribution in [2.45, 2.75) is 33.2 Å². The molecule has 0 aromatic rings. The van der Waals surface area contributed by atoms with Crippen molar-refractivity contribution in [3.05, 3.63) is 0 Å². The van der Waals surface area contributed by atoms with E-state index in [-0.39, 0.29) is 13.2 Å². The summed E-state index contributed by atoms with van der Waals surface area (Å²) in [7, 11) is 0. The van der Waals surface area contributed by atoms with E-state index in [4.69, 9.17) is 9.84 Å². The highest BCUT2D eigenvalue weighted by atomic mass is 16.5. The molecule has 0 radical (unpaired) electrons. The number of hydrogen-bond donors (Lipinski definition) is 3. The molecule has 0 saturated heterocycles. The summed E-state index contributed by atoms with van der Waals surface area (Å²) >= 11 is 0. The molecule has 0 heterocycles. The molecule has 7 nitrogen and oxygen atoms in total. The van der Waals surface area contributed by atoms with Crippen LogP contribution in [0.25, 0.3) is 0 Å². The number of hydrogen-bond acceptors (Lipinski definition) is 4. The second kappa shape index (κ2) is 8.32. The average Bonchev–Trinajstić information content (AvgIpc) is 2.28. The molecule has 2 atom stereocenters. The number of nitrogens with one attached hydrogen (secondary N) is 2. The summed E-state index contributed by atoms with van der Waals surface area (Å²) in [5, 5.41) is 13.5. The molecule has 0 saturated carbocycles. The van der Waals surface area contributed by atoms with Gasteiger partial charge in [-0.15, -0.1) is 0 Å². The van der Waals surface area contributed by atoms with E-state index < -0.39 is 29.9 Å². The van der Waals surface area contributed by atoms with Crippen LogP contribution in [-0.2, 0) is 14.3 Å². The van der Waals surface area contributed by atoms with Crippen LogP contribution >= 0.6 is 0 Å². The predicted octanol–water partition coefficient (Wildman–Crippen LogP) is 0.348. The number of aliphatic carboxylic acids is 1. The third-order valence-corrected chi connectivity index (χ3v) is 2.27. The van der Waals surface area contributed by atoms with Crippen LogP contribution < -0.4 is 10.6 Å². The van der Waals surface area contributed by atoms with E-state index in [2.05, 4.69) is 10.6 Å². The number of esters is 1. The molecule has 3 N–H and O–H groups in total. The van der Waals surface area contributed by atoms with Gasteiger partial charge in [0, 0.05) is 6.54 Å². The maximum atomic E-state index is 11.3. The second-order valence-electron chi connectivity index (χ2n) is 3.90. The summed E-state index contributed by atoms with van der Waals surface area (Å²) in [5.41, 5.74) is 0. The van der Waals surface area contributed by atoms with Crippen LogP contribution in [0.1, 0.15) is 27.2 Å². The largest absolute Gasteiger partial charge is 0.481 e. The number of carboxylic acid groups (broad SMARTS) is 1. The zero-order valence-corrected chi connectivity index (χ0v) is 10.9. The lowest BCUT2D eigenvalue weighted by atomic mass is 10.1. The number of carbonyl (C=O) groups excluding carboxylic acids is 2. The van der Waals surface area contributed by atoms with Gasteiger partial charge >= 0.3 is 18.0 Å². The smallest absolute Gasteiger partial charge is 0.328 e. The fraction of sp³-hybridized carbons (Fsp3) is 0.727. The SMILES string of the molecule is CCOC(=O)C(C)NC(=O)NCCC(C)C(=O)O. The molecular formula is C11H20N2O5. The van der Waals surface area contributed by atoms with Crippen molar-refractivity contribution < 1.29 is 24.2 Å². The zero-order valence-electron chi connectivity index (χ0n) is 10.9. The van der Waals surface area contributed by atoms with Crippen molar-refractivity contribution in [3.63, 3.8) is 0 Å². The molecule has 104 valence electrons. The predicted molar refractivity (Wildman–Crippen MR) is 64.0 cm³/mol. The van der Waals surface area contributed by atoms with Gasteiger partial charge in [-0.3, -0.25) is 4.79 Å². The summed E-state index contributed by atoms with van der Waals surface area (Å²) < 4.78 is 4.72. The minimum Gasteiger partial charge on any atom is -0.481 e. The summed E-state index contributed by atoms with van der Waals surface area (Å²) in [6.45, 7) is 5.23. The van der Waals surface area contributed by atoms with Crippen LogP contribution in [0.3, 0.4) is 0 Å². The van der Waals surface area contributed by atoms with Gasteiger partial charge in [-0.05, 0) is 20.3 Å². The highest BCUT2D eigenvalue weighted by Crippen LogP contribution is 1.99. The Bertz CT molecular complexity index is 306. The molecule has 2 unspecified atom stereocenters. The monoisotopic (exact) mass is 260 g/mol. The van der Waals surface area contributed by atoms with Gasteiger partial charge in [-0.2, -0.15) is 0 Å². The van der Waals surface area contributed by atoms with Gasteiger partial charge < -0.3 is 20.5 Å². The lowest BCUT2D eigenvalue weighted by molar-refractivity contribution is -0.145. The Hall–Kier alpha value is -1.79. The van der Waals surface area contributed by atoms with Gasteiger partial charge in [0.05, 0.1) is 12.5 Å². The zero-order chi connectivity index (χ0) is 14.1. The van der Waals surface area contributed by atoms with Crippen molar-refractivity contribution in [1.29, 1.82) is 0 Å². The van der Waals surface area contributed by atoms with Crippen LogP contribution in [0.4, 0.5) is 4.79 Å². The second-order valence-corrected chi connectivity index (χ2v) is 3.90. The number of urea groups is 1. The first-order chi connectivity index (χ1) is 8.38. The highest BCUT2D eigenvalue weighted by Gasteiger charge is 2.16. The Morgan fingerprint density at radius 1 is 1.28 bits per heavy atom. The first-order valence-electron chi connectivity index (χ1n) is 5.82. The minimum absolute atomic E-state index is 0.231. The van der Waals surface area contributed by atoms with Crippen molar-refractivity contribution in [2.24, 2.45) is 5.92 Å². The number of carboxylic acids is 1. The quantitative estimate of drug-likeness (QED) is 0.573. The minimum atomic E-state index is -0.905. The number of rotatable bonds is 7. The van der Waals surface area contributed by atoms with Crippen molar-refractivity contribution in [1.82, 2.24) is 10.6 Å². The molecule has 0 aliphatic carbocycles. The highest BCUT2D eigenvalue weighted by molar-refractivity contribution is 5.83. The fourth-order valence-corrected chi connectivity index (χ4v) is 1.10. The molecule has 7 heteroatoms. The van der Waals surface area contributed by atoms with E-state index >= 15 is 0 Å². The van der Waals surface area contributed by atoms with E-state index in [1.807, 2.05) is 0 Å². The van der Waals surface area contributed by atoms with Gasteiger partial charge in [-0.25, -0.2) is 9.59 Å². The number of ether oxygens (including phenoxy) is 1. The molecule has 0 aromatic heterocycles. The maximum Gasteiger partial charge on any atom is 0.328 e. The third kappa shape index (κ3) is 6.72. The van der Waals surface area contributed by atoms with Crippen LogP contribution in [0.15, 0.2) is 0 Å². The molecule has 0 aromatic carbocycles. The molecule has 0 bridgehead atoms. The van der Waals surface area contributed by atoms with Gasteiger partial charge in [0.2, 0.25) is 0 Å². The average molecular weight is 260 g/mol. The Labute approximate surface area is 106 Å². The molecule has 2 amide bonds. The molecule has 0 aliphatic rings. The summed E-state index contributed by atoms with van der Waals surface area (Å²) in [6, 6.07) is -1.25. The number of amides is 2. The van der Waals surface area contributed by atoms with Crippen LogP contribution in [0, 0.1) is 5.92 Å². The maximum absolute atomic E-state index is 11.3. The Balaban J connectivity index is 3.84. The lowest BCUT2D eigenvalue weighted by Crippen LogP contribution is -2.45. The fourth-order valence-electron chi connectivity index (χ4n) is 1.10. The lowest BCUT2D eigenvalue weighted by Gasteiger charge is -2.13.